The van der Waals surface area contributed by atoms with Crippen molar-refractivity contribution < 1.29 is 24.4 Å². The first-order valence-electron chi connectivity index (χ1n) is 8.67. The van der Waals surface area contributed by atoms with Crippen LogP contribution in [0, 0.1) is 11.8 Å². The molecule has 0 saturated heterocycles. The van der Waals surface area contributed by atoms with Gasteiger partial charge in [-0.2, -0.15) is 0 Å². The van der Waals surface area contributed by atoms with Gasteiger partial charge in [-0.05, 0) is 53.6 Å². The molecule has 0 fully saturated rings. The van der Waals surface area contributed by atoms with Gasteiger partial charge in [-0.3, -0.25) is 0 Å². The van der Waals surface area contributed by atoms with E-state index in [2.05, 4.69) is 6.92 Å². The van der Waals surface area contributed by atoms with E-state index < -0.39 is 6.10 Å². The largest absolute Gasteiger partial charge is 0.504 e. The summed E-state index contributed by atoms with van der Waals surface area (Å²) in [7, 11) is 4.70. The van der Waals surface area contributed by atoms with Gasteiger partial charge in [0.15, 0.2) is 23.0 Å². The van der Waals surface area contributed by atoms with E-state index in [-0.39, 0.29) is 17.6 Å². The van der Waals surface area contributed by atoms with Gasteiger partial charge in [0.05, 0.1) is 27.4 Å². The molecule has 2 N–H and O–H groups in total. The summed E-state index contributed by atoms with van der Waals surface area (Å²) in [5.41, 5.74) is 1.85. The van der Waals surface area contributed by atoms with Crippen LogP contribution in [-0.4, -0.2) is 31.5 Å². The van der Waals surface area contributed by atoms with Gasteiger partial charge in [0.25, 0.3) is 0 Å². The highest BCUT2D eigenvalue weighted by atomic mass is 16.5. The zero-order chi connectivity index (χ0) is 19.3. The molecule has 0 heterocycles. The highest BCUT2D eigenvalue weighted by molar-refractivity contribution is 5.44. The van der Waals surface area contributed by atoms with Crippen LogP contribution in [0.5, 0.6) is 23.0 Å². The van der Waals surface area contributed by atoms with E-state index in [0.717, 1.165) is 17.5 Å². The summed E-state index contributed by atoms with van der Waals surface area (Å²) in [5, 5.41) is 20.5. The lowest BCUT2D eigenvalue weighted by atomic mass is 9.83. The average molecular weight is 360 g/mol. The fourth-order valence-corrected chi connectivity index (χ4v) is 3.06. The van der Waals surface area contributed by atoms with Crippen molar-refractivity contribution in [1.29, 1.82) is 0 Å². The molecule has 0 radical (unpaired) electrons. The fraction of sp³-hybridized carbons (Fsp3) is 0.429. The van der Waals surface area contributed by atoms with Crippen molar-refractivity contribution in [1.82, 2.24) is 0 Å². The molecular weight excluding hydrogens is 332 g/mol. The summed E-state index contributed by atoms with van der Waals surface area (Å²) in [6.45, 7) is 4.14. The Morgan fingerprint density at radius 2 is 1.50 bits per heavy atom. The van der Waals surface area contributed by atoms with Crippen molar-refractivity contribution in [2.45, 2.75) is 26.4 Å². The van der Waals surface area contributed by atoms with Crippen LogP contribution >= 0.6 is 0 Å². The zero-order valence-corrected chi connectivity index (χ0v) is 16.0. The number of aliphatic hydroxyl groups is 1. The molecule has 0 aliphatic carbocycles. The number of phenols is 1. The molecule has 142 valence electrons. The first kappa shape index (κ1) is 19.9. The third-order valence-electron chi connectivity index (χ3n) is 4.95. The minimum Gasteiger partial charge on any atom is -0.504 e. The number of hydrogen-bond acceptors (Lipinski definition) is 5. The number of ether oxygens (including phenoxy) is 3. The van der Waals surface area contributed by atoms with Crippen molar-refractivity contribution >= 4 is 0 Å². The predicted molar refractivity (Wildman–Crippen MR) is 101 cm³/mol. The number of rotatable bonds is 8. The molecule has 0 unspecified atom stereocenters. The van der Waals surface area contributed by atoms with E-state index in [0.29, 0.717) is 17.2 Å². The molecule has 0 saturated carbocycles. The van der Waals surface area contributed by atoms with Crippen LogP contribution in [-0.2, 0) is 6.42 Å². The van der Waals surface area contributed by atoms with Crippen LogP contribution in [0.3, 0.4) is 0 Å². The molecule has 2 aromatic carbocycles. The quantitative estimate of drug-likeness (QED) is 0.746. The molecule has 0 spiro atoms. The minimum absolute atomic E-state index is 0.0212. The normalized spacial score (nSPS) is 14.4. The van der Waals surface area contributed by atoms with E-state index in [4.69, 9.17) is 14.2 Å². The maximum absolute atomic E-state index is 10.8. The Kier molecular flexibility index (Phi) is 6.75. The monoisotopic (exact) mass is 360 g/mol. The van der Waals surface area contributed by atoms with Gasteiger partial charge >= 0.3 is 0 Å². The molecule has 2 rings (SSSR count). The lowest BCUT2D eigenvalue weighted by Crippen LogP contribution is -2.19. The van der Waals surface area contributed by atoms with E-state index in [1.165, 1.54) is 7.11 Å². The second kappa shape index (κ2) is 8.81. The summed E-state index contributed by atoms with van der Waals surface area (Å²) >= 11 is 0. The van der Waals surface area contributed by atoms with Gasteiger partial charge in [-0.25, -0.2) is 0 Å². The van der Waals surface area contributed by atoms with Gasteiger partial charge in [-0.15, -0.1) is 0 Å². The average Bonchev–Trinajstić information content (AvgIpc) is 2.67. The van der Waals surface area contributed by atoms with Crippen LogP contribution in [0.25, 0.3) is 0 Å². The number of methoxy groups -OCH3 is 3. The van der Waals surface area contributed by atoms with Gasteiger partial charge < -0.3 is 24.4 Å². The Balaban J connectivity index is 2.13. The predicted octanol–water partition coefficient (Wildman–Crippen LogP) is 3.97. The zero-order valence-electron chi connectivity index (χ0n) is 16.0. The number of aliphatic hydroxyl groups excluding tert-OH is 1. The molecule has 26 heavy (non-hydrogen) atoms. The van der Waals surface area contributed by atoms with E-state index >= 15 is 0 Å². The van der Waals surface area contributed by atoms with Crippen LogP contribution in [0.4, 0.5) is 0 Å². The van der Waals surface area contributed by atoms with E-state index in [9.17, 15) is 10.2 Å². The van der Waals surface area contributed by atoms with Crippen LogP contribution < -0.4 is 14.2 Å². The first-order valence-corrected chi connectivity index (χ1v) is 8.67. The lowest BCUT2D eigenvalue weighted by molar-refractivity contribution is 0.0869. The van der Waals surface area contributed by atoms with Crippen LogP contribution in [0.1, 0.15) is 31.1 Å². The Labute approximate surface area is 155 Å². The van der Waals surface area contributed by atoms with Gasteiger partial charge in [0.2, 0.25) is 0 Å². The Morgan fingerprint density at radius 1 is 0.846 bits per heavy atom. The van der Waals surface area contributed by atoms with Gasteiger partial charge in [0.1, 0.15) is 0 Å². The topological polar surface area (TPSA) is 68.2 Å². The minimum atomic E-state index is -0.621. The molecule has 2 aromatic rings. The molecule has 0 aliphatic heterocycles. The van der Waals surface area contributed by atoms with Crippen molar-refractivity contribution in [2.75, 3.05) is 21.3 Å². The third kappa shape index (κ3) is 4.41. The molecule has 0 bridgehead atoms. The SMILES string of the molecule is COc1cc(C[C@@H](C)[C@H](C)[C@@H](O)c2ccc(OC)c(OC)c2)ccc1O. The highest BCUT2D eigenvalue weighted by Gasteiger charge is 2.24. The molecular formula is C21H28O5. The van der Waals surface area contributed by atoms with Crippen molar-refractivity contribution in [2.24, 2.45) is 11.8 Å². The lowest BCUT2D eigenvalue weighted by Gasteiger charge is -2.26. The number of aromatic hydroxyl groups is 1. The first-order chi connectivity index (χ1) is 12.4. The highest BCUT2D eigenvalue weighted by Crippen LogP contribution is 2.36. The van der Waals surface area contributed by atoms with E-state index in [1.807, 2.05) is 31.2 Å². The molecule has 3 atom stereocenters. The summed E-state index contributed by atoms with van der Waals surface area (Å²) in [6.07, 6.45) is 0.145. The van der Waals surface area contributed by atoms with Crippen LogP contribution in [0.15, 0.2) is 36.4 Å². The smallest absolute Gasteiger partial charge is 0.161 e. The Morgan fingerprint density at radius 3 is 2.12 bits per heavy atom. The van der Waals surface area contributed by atoms with Crippen molar-refractivity contribution in [3.8, 4) is 23.0 Å². The summed E-state index contributed by atoms with van der Waals surface area (Å²) < 4.78 is 15.7. The summed E-state index contributed by atoms with van der Waals surface area (Å²) in [4.78, 5) is 0. The van der Waals surface area contributed by atoms with Gasteiger partial charge in [-0.1, -0.05) is 26.0 Å². The summed E-state index contributed by atoms with van der Waals surface area (Å²) in [6, 6.07) is 10.8. The Bertz CT molecular complexity index is 728. The third-order valence-corrected chi connectivity index (χ3v) is 4.95. The molecule has 5 nitrogen and oxygen atoms in total. The van der Waals surface area contributed by atoms with E-state index in [1.54, 1.807) is 26.4 Å². The van der Waals surface area contributed by atoms with Crippen molar-refractivity contribution in [3.63, 3.8) is 0 Å². The maximum Gasteiger partial charge on any atom is 0.161 e. The summed E-state index contributed by atoms with van der Waals surface area (Å²) in [5.74, 6) is 2.07. The molecule has 0 aliphatic rings. The standard InChI is InChI=1S/C21H28O5/c1-13(10-15-6-8-17(22)19(11-15)25-4)14(2)21(23)16-7-9-18(24-3)20(12-16)26-5/h6-9,11-14,21-23H,10H2,1-5H3/t13-,14+,21-/m1/s1. The number of hydrogen-bond donors (Lipinski definition) is 2. The van der Waals surface area contributed by atoms with Gasteiger partial charge in [0, 0.05) is 0 Å². The van der Waals surface area contributed by atoms with Crippen LogP contribution in [0.2, 0.25) is 0 Å². The number of benzene rings is 2. The number of phenolic OH excluding ortho intramolecular Hbond substituents is 1. The maximum atomic E-state index is 10.8. The van der Waals surface area contributed by atoms with Crippen molar-refractivity contribution in [3.05, 3.63) is 47.5 Å². The fourth-order valence-electron chi connectivity index (χ4n) is 3.06. The second-order valence-electron chi connectivity index (χ2n) is 6.61. The molecule has 0 amide bonds. The molecule has 0 aromatic heterocycles. The Hall–Kier alpha value is -2.40. The second-order valence-corrected chi connectivity index (χ2v) is 6.61. The molecule has 5 heteroatoms.